The van der Waals surface area contributed by atoms with Gasteiger partial charge < -0.3 is 5.32 Å². The van der Waals surface area contributed by atoms with Crippen molar-refractivity contribution >= 4 is 21.6 Å². The standard InChI is InChI=1S/C12H15BrN2/c13-10-2-3-12-9(6-10)7-11(8-14-12)15-4-1-5-15/h2-3,6,11,14H,1,4-5,7-8H2. The topological polar surface area (TPSA) is 15.3 Å². The van der Waals surface area contributed by atoms with Crippen molar-refractivity contribution in [3.05, 3.63) is 28.2 Å². The van der Waals surface area contributed by atoms with Crippen LogP contribution in [0.4, 0.5) is 5.69 Å². The normalized spacial score (nSPS) is 25.3. The fraction of sp³-hybridized carbons (Fsp3) is 0.500. The van der Waals surface area contributed by atoms with E-state index in [1.807, 2.05) is 0 Å². The second-order valence-corrected chi connectivity index (χ2v) is 5.35. The molecule has 1 unspecified atom stereocenters. The molecule has 3 heteroatoms. The van der Waals surface area contributed by atoms with Gasteiger partial charge in [-0.1, -0.05) is 15.9 Å². The molecule has 1 fully saturated rings. The van der Waals surface area contributed by atoms with Gasteiger partial charge in [0, 0.05) is 22.7 Å². The molecule has 2 heterocycles. The molecule has 0 saturated carbocycles. The highest BCUT2D eigenvalue weighted by atomic mass is 79.9. The maximum Gasteiger partial charge on any atom is 0.0374 e. The first kappa shape index (κ1) is 9.67. The van der Waals surface area contributed by atoms with Gasteiger partial charge in [-0.25, -0.2) is 0 Å². The molecule has 0 bridgehead atoms. The maximum absolute atomic E-state index is 3.54. The minimum Gasteiger partial charge on any atom is -0.383 e. The first-order valence-electron chi connectivity index (χ1n) is 5.59. The molecule has 2 nitrogen and oxygen atoms in total. The number of rotatable bonds is 1. The van der Waals surface area contributed by atoms with Crippen molar-refractivity contribution in [1.82, 2.24) is 4.90 Å². The van der Waals surface area contributed by atoms with E-state index in [-0.39, 0.29) is 0 Å². The lowest BCUT2D eigenvalue weighted by molar-refractivity contribution is 0.122. The van der Waals surface area contributed by atoms with Crippen molar-refractivity contribution in [3.63, 3.8) is 0 Å². The van der Waals surface area contributed by atoms with Crippen LogP contribution in [0.3, 0.4) is 0 Å². The van der Waals surface area contributed by atoms with Crippen molar-refractivity contribution in [1.29, 1.82) is 0 Å². The quantitative estimate of drug-likeness (QED) is 0.841. The van der Waals surface area contributed by atoms with E-state index >= 15 is 0 Å². The van der Waals surface area contributed by atoms with Crippen molar-refractivity contribution in [2.45, 2.75) is 18.9 Å². The Morgan fingerprint density at radius 2 is 2.20 bits per heavy atom. The number of anilines is 1. The van der Waals surface area contributed by atoms with E-state index in [4.69, 9.17) is 0 Å². The second-order valence-electron chi connectivity index (χ2n) is 4.43. The number of hydrogen-bond acceptors (Lipinski definition) is 2. The van der Waals surface area contributed by atoms with Gasteiger partial charge in [0.15, 0.2) is 0 Å². The summed E-state index contributed by atoms with van der Waals surface area (Å²) in [4.78, 5) is 2.58. The maximum atomic E-state index is 3.54. The molecule has 1 aromatic rings. The van der Waals surface area contributed by atoms with Gasteiger partial charge >= 0.3 is 0 Å². The fourth-order valence-electron chi connectivity index (χ4n) is 2.42. The molecule has 3 rings (SSSR count). The summed E-state index contributed by atoms with van der Waals surface area (Å²) in [7, 11) is 0. The van der Waals surface area contributed by atoms with Crippen molar-refractivity contribution in [3.8, 4) is 0 Å². The van der Waals surface area contributed by atoms with Crippen molar-refractivity contribution in [2.24, 2.45) is 0 Å². The molecule has 80 valence electrons. The third kappa shape index (κ3) is 1.79. The highest BCUT2D eigenvalue weighted by Crippen LogP contribution is 2.28. The number of nitrogens with zero attached hydrogens (tertiary/aromatic N) is 1. The minimum atomic E-state index is 0.709. The van der Waals surface area contributed by atoms with Crippen molar-refractivity contribution in [2.75, 3.05) is 25.0 Å². The Morgan fingerprint density at radius 1 is 1.33 bits per heavy atom. The Hall–Kier alpha value is -0.540. The SMILES string of the molecule is Brc1ccc2c(c1)CC(N1CCC1)CN2. The van der Waals surface area contributed by atoms with Crippen LogP contribution < -0.4 is 5.32 Å². The molecule has 1 atom stereocenters. The van der Waals surface area contributed by atoms with Crippen LogP contribution in [-0.4, -0.2) is 30.6 Å². The average molecular weight is 267 g/mol. The molecule has 0 radical (unpaired) electrons. The summed E-state index contributed by atoms with van der Waals surface area (Å²) < 4.78 is 1.19. The van der Waals surface area contributed by atoms with E-state index < -0.39 is 0 Å². The number of fused-ring (bicyclic) bond motifs is 1. The van der Waals surface area contributed by atoms with Gasteiger partial charge in [0.1, 0.15) is 0 Å². The van der Waals surface area contributed by atoms with E-state index in [2.05, 4.69) is 44.3 Å². The van der Waals surface area contributed by atoms with Crippen LogP contribution in [-0.2, 0) is 6.42 Å². The molecular formula is C12H15BrN2. The molecule has 0 amide bonds. The number of hydrogen-bond donors (Lipinski definition) is 1. The molecule has 15 heavy (non-hydrogen) atoms. The van der Waals surface area contributed by atoms with Gasteiger partial charge in [-0.2, -0.15) is 0 Å². The van der Waals surface area contributed by atoms with Crippen LogP contribution >= 0.6 is 15.9 Å². The van der Waals surface area contributed by atoms with E-state index in [1.54, 1.807) is 0 Å². The van der Waals surface area contributed by atoms with Crippen LogP contribution in [0.25, 0.3) is 0 Å². The largest absolute Gasteiger partial charge is 0.383 e. The average Bonchev–Trinajstić information content (AvgIpc) is 2.14. The molecule has 0 spiro atoms. The molecule has 1 N–H and O–H groups in total. The van der Waals surface area contributed by atoms with E-state index in [0.717, 1.165) is 6.54 Å². The summed E-state index contributed by atoms with van der Waals surface area (Å²) in [6, 6.07) is 7.23. The number of likely N-dealkylation sites (tertiary alicyclic amines) is 1. The Bertz CT molecular complexity index is 374. The second kappa shape index (κ2) is 3.80. The first-order valence-corrected chi connectivity index (χ1v) is 6.38. The Kier molecular flexibility index (Phi) is 2.45. The van der Waals surface area contributed by atoms with Gasteiger partial charge in [0.05, 0.1) is 0 Å². The molecule has 0 aromatic heterocycles. The van der Waals surface area contributed by atoms with Crippen LogP contribution in [0, 0.1) is 0 Å². The fourth-order valence-corrected chi connectivity index (χ4v) is 2.83. The molecular weight excluding hydrogens is 252 g/mol. The summed E-state index contributed by atoms with van der Waals surface area (Å²) in [5.74, 6) is 0. The Labute approximate surface area is 98.8 Å². The third-order valence-corrected chi connectivity index (χ3v) is 3.95. The third-order valence-electron chi connectivity index (χ3n) is 3.46. The number of nitrogens with one attached hydrogen (secondary N) is 1. The summed E-state index contributed by atoms with van der Waals surface area (Å²) in [6.07, 6.45) is 2.57. The predicted molar refractivity (Wildman–Crippen MR) is 66.3 cm³/mol. The Balaban J connectivity index is 1.81. The van der Waals surface area contributed by atoms with Crippen LogP contribution in [0.5, 0.6) is 0 Å². The molecule has 0 aliphatic carbocycles. The first-order chi connectivity index (χ1) is 7.33. The van der Waals surface area contributed by atoms with Gasteiger partial charge in [-0.05, 0) is 49.7 Å². The monoisotopic (exact) mass is 266 g/mol. The summed E-state index contributed by atoms with van der Waals surface area (Å²) in [5.41, 5.74) is 2.77. The van der Waals surface area contributed by atoms with Gasteiger partial charge in [0.25, 0.3) is 0 Å². The lowest BCUT2D eigenvalue weighted by Crippen LogP contribution is -2.50. The highest BCUT2D eigenvalue weighted by molar-refractivity contribution is 9.10. The highest BCUT2D eigenvalue weighted by Gasteiger charge is 2.27. The van der Waals surface area contributed by atoms with E-state index in [1.165, 1.54) is 41.7 Å². The Morgan fingerprint density at radius 3 is 2.93 bits per heavy atom. The predicted octanol–water partition coefficient (Wildman–Crippen LogP) is 2.49. The van der Waals surface area contributed by atoms with Gasteiger partial charge in [0.2, 0.25) is 0 Å². The zero-order chi connectivity index (χ0) is 10.3. The number of benzene rings is 1. The van der Waals surface area contributed by atoms with Crippen LogP contribution in [0.1, 0.15) is 12.0 Å². The molecule has 2 aliphatic heterocycles. The zero-order valence-corrected chi connectivity index (χ0v) is 10.3. The lowest BCUT2D eigenvalue weighted by atomic mass is 9.96. The minimum absolute atomic E-state index is 0.709. The molecule has 1 aromatic carbocycles. The molecule has 2 aliphatic rings. The smallest absolute Gasteiger partial charge is 0.0374 e. The molecule has 1 saturated heterocycles. The zero-order valence-electron chi connectivity index (χ0n) is 8.67. The van der Waals surface area contributed by atoms with E-state index in [9.17, 15) is 0 Å². The summed E-state index contributed by atoms with van der Waals surface area (Å²) >= 11 is 3.54. The summed E-state index contributed by atoms with van der Waals surface area (Å²) in [6.45, 7) is 3.68. The van der Waals surface area contributed by atoms with Crippen LogP contribution in [0.15, 0.2) is 22.7 Å². The van der Waals surface area contributed by atoms with E-state index in [0.29, 0.717) is 6.04 Å². The van der Waals surface area contributed by atoms with Gasteiger partial charge in [-0.3, -0.25) is 4.90 Å². The van der Waals surface area contributed by atoms with Crippen LogP contribution in [0.2, 0.25) is 0 Å². The lowest BCUT2D eigenvalue weighted by Gasteiger charge is -2.41. The van der Waals surface area contributed by atoms with Gasteiger partial charge in [-0.15, -0.1) is 0 Å². The summed E-state index contributed by atoms with van der Waals surface area (Å²) in [5, 5.41) is 3.53. The number of halogens is 1. The van der Waals surface area contributed by atoms with Crippen molar-refractivity contribution < 1.29 is 0 Å².